The number of carbonyl (C=O) groups is 1. The van der Waals surface area contributed by atoms with E-state index < -0.39 is 0 Å². The van der Waals surface area contributed by atoms with Crippen LogP contribution in [0.1, 0.15) is 60.4 Å². The summed E-state index contributed by atoms with van der Waals surface area (Å²) in [5, 5.41) is 10.7. The van der Waals surface area contributed by atoms with Gasteiger partial charge >= 0.3 is 6.03 Å². The molecule has 1 aliphatic carbocycles. The quantitative estimate of drug-likeness (QED) is 0.669. The monoisotopic (exact) mass is 403 g/mol. The van der Waals surface area contributed by atoms with E-state index in [-0.39, 0.29) is 12.1 Å². The van der Waals surface area contributed by atoms with Crippen molar-refractivity contribution in [1.29, 1.82) is 0 Å². The van der Waals surface area contributed by atoms with Crippen LogP contribution in [0.3, 0.4) is 0 Å². The lowest BCUT2D eigenvalue weighted by Crippen LogP contribution is -2.43. The van der Waals surface area contributed by atoms with Crippen LogP contribution in [0.5, 0.6) is 0 Å². The van der Waals surface area contributed by atoms with Gasteiger partial charge in [0.05, 0.1) is 12.1 Å². The third-order valence-corrected chi connectivity index (χ3v) is 7.85. The molecule has 2 fully saturated rings. The molecule has 0 aromatic carbocycles. The van der Waals surface area contributed by atoms with E-state index in [4.69, 9.17) is 0 Å². The highest BCUT2D eigenvalue weighted by Crippen LogP contribution is 2.37. The van der Waals surface area contributed by atoms with Gasteiger partial charge in [-0.1, -0.05) is 25.0 Å². The number of carbonyl (C=O) groups excluding carboxylic acids is 1. The van der Waals surface area contributed by atoms with Gasteiger partial charge in [0.25, 0.3) is 0 Å². The lowest BCUT2D eigenvalue weighted by Gasteiger charge is -2.28. The van der Waals surface area contributed by atoms with Gasteiger partial charge in [0.15, 0.2) is 0 Å². The van der Waals surface area contributed by atoms with E-state index in [1.165, 1.54) is 48.3 Å². The fourth-order valence-electron chi connectivity index (χ4n) is 4.51. The summed E-state index contributed by atoms with van der Waals surface area (Å²) >= 11 is 3.54. The zero-order valence-corrected chi connectivity index (χ0v) is 17.4. The topological polar surface area (TPSA) is 44.4 Å². The molecule has 2 aromatic rings. The van der Waals surface area contributed by atoms with E-state index >= 15 is 0 Å². The van der Waals surface area contributed by atoms with Crippen LogP contribution in [-0.2, 0) is 0 Å². The summed E-state index contributed by atoms with van der Waals surface area (Å²) in [4.78, 5) is 17.9. The summed E-state index contributed by atoms with van der Waals surface area (Å²) in [6.07, 6.45) is 7.52. The molecule has 27 heavy (non-hydrogen) atoms. The maximum atomic E-state index is 12.8. The Balaban J connectivity index is 1.38. The third kappa shape index (κ3) is 4.73. The van der Waals surface area contributed by atoms with Crippen molar-refractivity contribution in [2.45, 2.75) is 50.6 Å². The molecule has 6 heteroatoms. The molecule has 3 heterocycles. The van der Waals surface area contributed by atoms with Crippen molar-refractivity contribution in [2.24, 2.45) is 5.92 Å². The van der Waals surface area contributed by atoms with E-state index in [2.05, 4.69) is 50.6 Å². The molecule has 1 saturated heterocycles. The summed E-state index contributed by atoms with van der Waals surface area (Å²) in [6.45, 7) is 2.94. The summed E-state index contributed by atoms with van der Waals surface area (Å²) < 4.78 is 0. The second-order valence-electron chi connectivity index (χ2n) is 7.67. The minimum absolute atomic E-state index is 0.0268. The summed E-state index contributed by atoms with van der Waals surface area (Å²) in [5.41, 5.74) is 0. The maximum absolute atomic E-state index is 12.8. The summed E-state index contributed by atoms with van der Waals surface area (Å²) in [7, 11) is 0. The van der Waals surface area contributed by atoms with Crippen molar-refractivity contribution in [2.75, 3.05) is 19.6 Å². The average molecular weight is 404 g/mol. The van der Waals surface area contributed by atoms with Gasteiger partial charge in [0.1, 0.15) is 0 Å². The van der Waals surface area contributed by atoms with Crippen LogP contribution in [0.15, 0.2) is 35.0 Å². The molecule has 0 spiro atoms. The maximum Gasteiger partial charge on any atom is 0.315 e. The standard InChI is InChI=1S/C21H29N3OS2/c25-21(23-20(16-7-1-2-8-16)19-10-6-14-27-19)22-15-17(18-9-5-13-26-18)24-11-3-4-12-24/h5-6,9-10,13-14,16-17,20H,1-4,7-8,11-12,15H2,(H2,22,23,25). The third-order valence-electron chi connectivity index (χ3n) is 5.92. The zero-order valence-electron chi connectivity index (χ0n) is 15.7. The van der Waals surface area contributed by atoms with Crippen LogP contribution < -0.4 is 10.6 Å². The highest BCUT2D eigenvalue weighted by atomic mass is 32.1. The molecule has 146 valence electrons. The van der Waals surface area contributed by atoms with E-state index in [9.17, 15) is 4.79 Å². The van der Waals surface area contributed by atoms with E-state index in [1.807, 2.05) is 0 Å². The first-order valence-corrected chi connectivity index (χ1v) is 11.9. The van der Waals surface area contributed by atoms with Gasteiger partial charge in [-0.05, 0) is 67.6 Å². The smallest absolute Gasteiger partial charge is 0.315 e. The van der Waals surface area contributed by atoms with Crippen molar-refractivity contribution in [3.8, 4) is 0 Å². The van der Waals surface area contributed by atoms with Crippen molar-refractivity contribution < 1.29 is 4.79 Å². The van der Waals surface area contributed by atoms with Gasteiger partial charge in [-0.2, -0.15) is 0 Å². The number of rotatable bonds is 7. The van der Waals surface area contributed by atoms with Gasteiger partial charge in [0.2, 0.25) is 0 Å². The van der Waals surface area contributed by atoms with Gasteiger partial charge in [-0.25, -0.2) is 4.79 Å². The summed E-state index contributed by atoms with van der Waals surface area (Å²) in [5.74, 6) is 0.570. The number of nitrogens with one attached hydrogen (secondary N) is 2. The molecule has 4 rings (SSSR count). The van der Waals surface area contributed by atoms with E-state index in [0.29, 0.717) is 18.5 Å². The van der Waals surface area contributed by atoms with Gasteiger partial charge in [-0.3, -0.25) is 4.90 Å². The first-order chi connectivity index (χ1) is 13.3. The molecule has 1 saturated carbocycles. The van der Waals surface area contributed by atoms with Crippen LogP contribution in [-0.4, -0.2) is 30.6 Å². The SMILES string of the molecule is O=C(NCC(c1cccs1)N1CCCC1)NC(c1cccs1)C1CCCC1. The highest BCUT2D eigenvalue weighted by molar-refractivity contribution is 7.10. The van der Waals surface area contributed by atoms with Crippen LogP contribution in [0.4, 0.5) is 4.79 Å². The number of urea groups is 1. The molecular formula is C21H29N3OS2. The lowest BCUT2D eigenvalue weighted by molar-refractivity contribution is 0.216. The Morgan fingerprint density at radius 2 is 1.70 bits per heavy atom. The largest absolute Gasteiger partial charge is 0.336 e. The Bertz CT molecular complexity index is 689. The van der Waals surface area contributed by atoms with Crippen molar-refractivity contribution in [1.82, 2.24) is 15.5 Å². The van der Waals surface area contributed by atoms with E-state index in [0.717, 1.165) is 13.1 Å². The van der Waals surface area contributed by atoms with Gasteiger partial charge in [0, 0.05) is 16.3 Å². The number of thiophene rings is 2. The minimum atomic E-state index is -0.0268. The average Bonchev–Trinajstić information content (AvgIpc) is 3.49. The normalized spacial score (nSPS) is 20.6. The second-order valence-corrected chi connectivity index (χ2v) is 9.62. The Morgan fingerprint density at radius 3 is 2.33 bits per heavy atom. The van der Waals surface area contributed by atoms with Crippen LogP contribution in [0, 0.1) is 5.92 Å². The molecule has 0 bridgehead atoms. The Kier molecular flexibility index (Phi) is 6.47. The number of likely N-dealkylation sites (tertiary alicyclic amines) is 1. The molecular weight excluding hydrogens is 374 g/mol. The summed E-state index contributed by atoms with van der Waals surface area (Å²) in [6, 6.07) is 8.97. The van der Waals surface area contributed by atoms with Gasteiger partial charge < -0.3 is 10.6 Å². The Hall–Kier alpha value is -1.37. The predicted octanol–water partition coefficient (Wildman–Crippen LogP) is 5.18. The number of hydrogen-bond acceptors (Lipinski definition) is 4. The molecule has 2 unspecified atom stereocenters. The zero-order chi connectivity index (χ0) is 18.5. The molecule has 0 radical (unpaired) electrons. The number of nitrogens with zero attached hydrogens (tertiary/aromatic N) is 1. The molecule has 1 aliphatic heterocycles. The number of amides is 2. The fraction of sp³-hybridized carbons (Fsp3) is 0.571. The van der Waals surface area contributed by atoms with Crippen LogP contribution >= 0.6 is 22.7 Å². The first-order valence-electron chi connectivity index (χ1n) is 10.2. The van der Waals surface area contributed by atoms with Crippen LogP contribution in [0.2, 0.25) is 0 Å². The van der Waals surface area contributed by atoms with Crippen LogP contribution in [0.25, 0.3) is 0 Å². The molecule has 2 amide bonds. The Morgan fingerprint density at radius 1 is 1.04 bits per heavy atom. The van der Waals surface area contributed by atoms with Crippen molar-refractivity contribution in [3.05, 3.63) is 44.8 Å². The second kappa shape index (κ2) is 9.22. The van der Waals surface area contributed by atoms with E-state index in [1.54, 1.807) is 22.7 Å². The minimum Gasteiger partial charge on any atom is -0.336 e. The highest BCUT2D eigenvalue weighted by Gasteiger charge is 2.29. The Labute approximate surface area is 170 Å². The predicted molar refractivity (Wildman–Crippen MR) is 113 cm³/mol. The molecule has 2 aliphatic rings. The molecule has 4 nitrogen and oxygen atoms in total. The number of hydrogen-bond donors (Lipinski definition) is 2. The fourth-order valence-corrected chi connectivity index (χ4v) is 6.24. The molecule has 2 aromatic heterocycles. The lowest BCUT2D eigenvalue weighted by atomic mass is 9.97. The first kappa shape index (κ1) is 19.0. The molecule has 2 atom stereocenters. The van der Waals surface area contributed by atoms with Gasteiger partial charge in [-0.15, -0.1) is 22.7 Å². The van der Waals surface area contributed by atoms with Crippen molar-refractivity contribution in [3.63, 3.8) is 0 Å². The van der Waals surface area contributed by atoms with Crippen molar-refractivity contribution >= 4 is 28.7 Å². The molecule has 2 N–H and O–H groups in total.